The number of hydrogen-bond donors (Lipinski definition) is 0. The Kier molecular flexibility index (Phi) is 5.57. The Labute approximate surface area is 190 Å². The van der Waals surface area contributed by atoms with Gasteiger partial charge in [-0.3, -0.25) is 4.79 Å². The van der Waals surface area contributed by atoms with E-state index in [1.54, 1.807) is 30.6 Å². The molecule has 1 fully saturated rings. The van der Waals surface area contributed by atoms with Crippen molar-refractivity contribution in [1.29, 1.82) is 0 Å². The third kappa shape index (κ3) is 3.84. The van der Waals surface area contributed by atoms with E-state index in [0.717, 1.165) is 40.3 Å². The van der Waals surface area contributed by atoms with Gasteiger partial charge in [0.1, 0.15) is 17.3 Å². The summed E-state index contributed by atoms with van der Waals surface area (Å²) in [6, 6.07) is 18.5. The molecule has 164 valence electrons. The van der Waals surface area contributed by atoms with Gasteiger partial charge in [0.2, 0.25) is 0 Å². The van der Waals surface area contributed by atoms with E-state index in [0.29, 0.717) is 25.3 Å². The summed E-state index contributed by atoms with van der Waals surface area (Å²) in [5, 5.41) is 2.03. The van der Waals surface area contributed by atoms with Crippen LogP contribution in [0.5, 0.6) is 5.75 Å². The lowest BCUT2D eigenvalue weighted by Gasteiger charge is -2.36. The number of ether oxygens (including phenoxy) is 1. The molecule has 0 bridgehead atoms. The lowest BCUT2D eigenvalue weighted by atomic mass is 10.2. The maximum absolute atomic E-state index is 13.5. The van der Waals surface area contributed by atoms with Gasteiger partial charge < -0.3 is 19.1 Å². The topological polar surface area (TPSA) is 37.7 Å². The standard InChI is InChI=1S/C25H24FN3O2S/c1-31-23-5-3-2-4-20(23)27-11-13-28(14-12-27)25(30)22-16-24-21(10-15-32-24)29(22)17-18-6-8-19(26)9-7-18/h2-10,15-16H,11-14,17H2,1H3. The molecule has 0 aliphatic carbocycles. The lowest BCUT2D eigenvalue weighted by Crippen LogP contribution is -2.49. The van der Waals surface area contributed by atoms with Crippen LogP contribution in [0.2, 0.25) is 0 Å². The Morgan fingerprint density at radius 2 is 1.78 bits per heavy atom. The third-order valence-corrected chi connectivity index (χ3v) is 6.84. The molecule has 0 saturated carbocycles. The second-order valence-corrected chi connectivity index (χ2v) is 8.81. The average Bonchev–Trinajstić information content (AvgIpc) is 3.43. The number of fused-ring (bicyclic) bond motifs is 1. The van der Waals surface area contributed by atoms with Crippen LogP contribution in [-0.2, 0) is 6.54 Å². The molecule has 0 unspecified atom stereocenters. The molecule has 0 spiro atoms. The number of carbonyl (C=O) groups is 1. The van der Waals surface area contributed by atoms with E-state index < -0.39 is 0 Å². The number of methoxy groups -OCH3 is 1. The van der Waals surface area contributed by atoms with E-state index in [4.69, 9.17) is 4.74 Å². The number of benzene rings is 2. The van der Waals surface area contributed by atoms with Gasteiger partial charge in [0.15, 0.2) is 0 Å². The smallest absolute Gasteiger partial charge is 0.270 e. The van der Waals surface area contributed by atoms with Crippen LogP contribution in [0.25, 0.3) is 10.2 Å². The number of anilines is 1. The molecule has 2 aromatic heterocycles. The number of thiophene rings is 1. The number of para-hydroxylation sites is 2. The van der Waals surface area contributed by atoms with Crippen LogP contribution in [0.1, 0.15) is 16.1 Å². The summed E-state index contributed by atoms with van der Waals surface area (Å²) < 4.78 is 22.0. The summed E-state index contributed by atoms with van der Waals surface area (Å²) >= 11 is 1.63. The first kappa shape index (κ1) is 20.6. The third-order valence-electron chi connectivity index (χ3n) is 5.99. The largest absolute Gasteiger partial charge is 0.495 e. The monoisotopic (exact) mass is 449 g/mol. The van der Waals surface area contributed by atoms with Gasteiger partial charge in [0, 0.05) is 32.7 Å². The van der Waals surface area contributed by atoms with Crippen molar-refractivity contribution in [2.24, 2.45) is 0 Å². The molecule has 1 saturated heterocycles. The number of piperazine rings is 1. The highest BCUT2D eigenvalue weighted by molar-refractivity contribution is 7.17. The molecule has 5 rings (SSSR count). The fourth-order valence-corrected chi connectivity index (χ4v) is 5.12. The summed E-state index contributed by atoms with van der Waals surface area (Å²) in [5.74, 6) is 0.627. The molecular formula is C25H24FN3O2S. The van der Waals surface area contributed by atoms with Crippen LogP contribution >= 0.6 is 11.3 Å². The Balaban J connectivity index is 1.36. The molecule has 5 nitrogen and oxygen atoms in total. The fraction of sp³-hybridized carbons (Fsp3) is 0.240. The number of rotatable bonds is 5. The van der Waals surface area contributed by atoms with E-state index >= 15 is 0 Å². The summed E-state index contributed by atoms with van der Waals surface area (Å²) in [6.07, 6.45) is 0. The average molecular weight is 450 g/mol. The van der Waals surface area contributed by atoms with Crippen LogP contribution in [0.15, 0.2) is 66.0 Å². The first-order valence-corrected chi connectivity index (χ1v) is 11.5. The van der Waals surface area contributed by atoms with E-state index in [1.807, 2.05) is 45.2 Å². The molecule has 1 aliphatic rings. The molecule has 0 N–H and O–H groups in total. The van der Waals surface area contributed by atoms with Gasteiger partial charge in [0.25, 0.3) is 5.91 Å². The van der Waals surface area contributed by atoms with Crippen molar-refractivity contribution in [1.82, 2.24) is 9.47 Å². The number of aromatic nitrogens is 1. The van der Waals surface area contributed by atoms with Gasteiger partial charge in [-0.25, -0.2) is 4.39 Å². The van der Waals surface area contributed by atoms with Gasteiger partial charge in [-0.1, -0.05) is 24.3 Å². The zero-order chi connectivity index (χ0) is 22.1. The van der Waals surface area contributed by atoms with Crippen molar-refractivity contribution < 1.29 is 13.9 Å². The molecular weight excluding hydrogens is 425 g/mol. The number of halogens is 1. The van der Waals surface area contributed by atoms with Crippen molar-refractivity contribution in [3.63, 3.8) is 0 Å². The molecule has 0 atom stereocenters. The number of carbonyl (C=O) groups excluding carboxylic acids is 1. The SMILES string of the molecule is COc1ccccc1N1CCN(C(=O)c2cc3sccc3n2Cc2ccc(F)cc2)CC1. The van der Waals surface area contributed by atoms with Crippen LogP contribution in [0.3, 0.4) is 0 Å². The number of hydrogen-bond acceptors (Lipinski definition) is 4. The number of amides is 1. The van der Waals surface area contributed by atoms with Crippen molar-refractivity contribution in [3.05, 3.63) is 83.1 Å². The van der Waals surface area contributed by atoms with Gasteiger partial charge in [-0.2, -0.15) is 0 Å². The van der Waals surface area contributed by atoms with Gasteiger partial charge >= 0.3 is 0 Å². The minimum absolute atomic E-state index is 0.0372. The summed E-state index contributed by atoms with van der Waals surface area (Å²) in [4.78, 5) is 17.7. The molecule has 1 aliphatic heterocycles. The van der Waals surface area contributed by atoms with Crippen LogP contribution < -0.4 is 9.64 Å². The van der Waals surface area contributed by atoms with Crippen molar-refractivity contribution in [2.45, 2.75) is 6.54 Å². The van der Waals surface area contributed by atoms with E-state index in [2.05, 4.69) is 11.0 Å². The Hall–Kier alpha value is -3.32. The molecule has 3 heterocycles. The Bertz CT molecular complexity index is 1240. The summed E-state index contributed by atoms with van der Waals surface area (Å²) in [6.45, 7) is 3.32. The highest BCUT2D eigenvalue weighted by Crippen LogP contribution is 2.30. The zero-order valence-corrected chi connectivity index (χ0v) is 18.6. The van der Waals surface area contributed by atoms with Crippen molar-refractivity contribution >= 4 is 33.1 Å². The predicted octanol–water partition coefficient (Wildman–Crippen LogP) is 4.86. The van der Waals surface area contributed by atoms with Gasteiger partial charge in [0.05, 0.1) is 23.0 Å². The summed E-state index contributed by atoms with van der Waals surface area (Å²) in [5.41, 5.74) is 3.74. The van der Waals surface area contributed by atoms with Gasteiger partial charge in [-0.15, -0.1) is 11.3 Å². The van der Waals surface area contributed by atoms with Crippen molar-refractivity contribution in [3.8, 4) is 5.75 Å². The maximum atomic E-state index is 13.5. The highest BCUT2D eigenvalue weighted by Gasteiger charge is 2.26. The van der Waals surface area contributed by atoms with Crippen LogP contribution in [0.4, 0.5) is 10.1 Å². The Morgan fingerprint density at radius 3 is 2.53 bits per heavy atom. The van der Waals surface area contributed by atoms with E-state index in [-0.39, 0.29) is 11.7 Å². The first-order valence-electron chi connectivity index (χ1n) is 10.6. The molecule has 32 heavy (non-hydrogen) atoms. The minimum Gasteiger partial charge on any atom is -0.495 e. The van der Waals surface area contributed by atoms with E-state index in [9.17, 15) is 9.18 Å². The highest BCUT2D eigenvalue weighted by atomic mass is 32.1. The molecule has 2 aromatic carbocycles. The quantitative estimate of drug-likeness (QED) is 0.437. The van der Waals surface area contributed by atoms with Crippen LogP contribution in [0, 0.1) is 5.82 Å². The predicted molar refractivity (Wildman–Crippen MR) is 126 cm³/mol. The molecule has 4 aromatic rings. The fourth-order valence-electron chi connectivity index (χ4n) is 4.30. The van der Waals surface area contributed by atoms with Crippen LogP contribution in [-0.4, -0.2) is 48.7 Å². The maximum Gasteiger partial charge on any atom is 0.270 e. The molecule has 7 heteroatoms. The van der Waals surface area contributed by atoms with Gasteiger partial charge in [-0.05, 0) is 47.3 Å². The molecule has 1 amide bonds. The zero-order valence-electron chi connectivity index (χ0n) is 17.8. The second kappa shape index (κ2) is 8.67. The minimum atomic E-state index is -0.258. The second-order valence-electron chi connectivity index (χ2n) is 7.86. The Morgan fingerprint density at radius 1 is 1.03 bits per heavy atom. The lowest BCUT2D eigenvalue weighted by molar-refractivity contribution is 0.0737. The first-order chi connectivity index (χ1) is 15.6. The molecule has 0 radical (unpaired) electrons. The van der Waals surface area contributed by atoms with E-state index in [1.165, 1.54) is 12.1 Å². The number of nitrogens with zero attached hydrogens (tertiary/aromatic N) is 3. The summed E-state index contributed by atoms with van der Waals surface area (Å²) in [7, 11) is 1.68. The normalized spacial score (nSPS) is 14.2. The van der Waals surface area contributed by atoms with Crippen molar-refractivity contribution in [2.75, 3.05) is 38.2 Å².